The molecule has 1 aliphatic rings. The van der Waals surface area contributed by atoms with Gasteiger partial charge in [-0.15, -0.1) is 0 Å². The molecule has 8 heteroatoms. The smallest absolute Gasteiger partial charge is 0.293 e. The van der Waals surface area contributed by atoms with Gasteiger partial charge in [0, 0.05) is 19.2 Å². The number of nitro benzene ring substituents is 1. The molecule has 0 aliphatic carbocycles. The van der Waals surface area contributed by atoms with E-state index in [-0.39, 0.29) is 16.2 Å². The average Bonchev–Trinajstić information content (AvgIpc) is 3.25. The van der Waals surface area contributed by atoms with Crippen molar-refractivity contribution in [1.29, 1.82) is 0 Å². The Balaban J connectivity index is 1.59. The van der Waals surface area contributed by atoms with Gasteiger partial charge in [-0.2, -0.15) is 0 Å². The number of aryl methyl sites for hydroxylation is 2. The van der Waals surface area contributed by atoms with Gasteiger partial charge in [-0.05, 0) is 73.6 Å². The van der Waals surface area contributed by atoms with Crippen LogP contribution in [-0.4, -0.2) is 27.4 Å². The van der Waals surface area contributed by atoms with Gasteiger partial charge in [0.1, 0.15) is 5.69 Å². The standard InChI is InChI=1S/C24H24N4O3S/c1-14-6-8-26(9-7-14)19-5-4-17(12-21(19)28(30)31)13-22-23(29)27-20-11-16(3)15(2)10-18(20)25-24(27)32-22/h4-5,10-14H,6-9H2,1-3H3. The molecule has 4 aromatic rings. The van der Waals surface area contributed by atoms with Crippen LogP contribution < -0.4 is 15.0 Å². The monoisotopic (exact) mass is 448 g/mol. The van der Waals surface area contributed by atoms with E-state index >= 15 is 0 Å². The Bertz CT molecular complexity index is 1480. The zero-order chi connectivity index (χ0) is 22.6. The first kappa shape index (κ1) is 20.6. The fourth-order valence-corrected chi connectivity index (χ4v) is 5.35. The number of nitro groups is 1. The molecule has 7 nitrogen and oxygen atoms in total. The largest absolute Gasteiger partial charge is 0.366 e. The highest BCUT2D eigenvalue weighted by molar-refractivity contribution is 7.15. The number of fused-ring (bicyclic) bond motifs is 3. The highest BCUT2D eigenvalue weighted by Crippen LogP contribution is 2.32. The van der Waals surface area contributed by atoms with E-state index in [1.165, 1.54) is 11.3 Å². The van der Waals surface area contributed by atoms with Gasteiger partial charge < -0.3 is 4.90 Å². The summed E-state index contributed by atoms with van der Waals surface area (Å²) in [6.07, 6.45) is 3.79. The second-order valence-electron chi connectivity index (χ2n) is 8.75. The molecule has 2 aromatic carbocycles. The first-order valence-electron chi connectivity index (χ1n) is 10.8. The van der Waals surface area contributed by atoms with Crippen LogP contribution in [0.1, 0.15) is 36.5 Å². The van der Waals surface area contributed by atoms with Crippen LogP contribution in [0.3, 0.4) is 0 Å². The van der Waals surface area contributed by atoms with E-state index in [2.05, 4.69) is 16.8 Å². The minimum atomic E-state index is -0.331. The topological polar surface area (TPSA) is 80.8 Å². The van der Waals surface area contributed by atoms with Crippen LogP contribution in [-0.2, 0) is 0 Å². The summed E-state index contributed by atoms with van der Waals surface area (Å²) in [6, 6.07) is 9.22. The van der Waals surface area contributed by atoms with Crippen molar-refractivity contribution >= 4 is 44.8 Å². The van der Waals surface area contributed by atoms with Crippen LogP contribution >= 0.6 is 11.3 Å². The van der Waals surface area contributed by atoms with Crippen molar-refractivity contribution < 1.29 is 4.92 Å². The maximum absolute atomic E-state index is 13.1. The maximum Gasteiger partial charge on any atom is 0.293 e. The lowest BCUT2D eigenvalue weighted by molar-refractivity contribution is -0.384. The first-order valence-corrected chi connectivity index (χ1v) is 11.6. The van der Waals surface area contributed by atoms with Gasteiger partial charge in [0.05, 0.1) is 20.5 Å². The lowest BCUT2D eigenvalue weighted by Crippen LogP contribution is -2.33. The second kappa shape index (κ2) is 7.70. The molecular formula is C24H24N4O3S. The number of piperidine rings is 1. The Morgan fingerprint density at radius 3 is 2.59 bits per heavy atom. The summed E-state index contributed by atoms with van der Waals surface area (Å²) in [5.74, 6) is 0.648. The van der Waals surface area contributed by atoms with Gasteiger partial charge >= 0.3 is 0 Å². The number of anilines is 1. The maximum atomic E-state index is 13.1. The third-order valence-corrected chi connectivity index (χ3v) is 7.44. The second-order valence-corrected chi connectivity index (χ2v) is 9.75. The molecule has 0 spiro atoms. The highest BCUT2D eigenvalue weighted by Gasteiger charge is 2.23. The molecular weight excluding hydrogens is 424 g/mol. The summed E-state index contributed by atoms with van der Waals surface area (Å²) in [5.41, 5.74) is 5.07. The van der Waals surface area contributed by atoms with Crippen LogP contribution in [0.4, 0.5) is 11.4 Å². The number of imidazole rings is 1. The van der Waals surface area contributed by atoms with E-state index in [0.717, 1.165) is 48.1 Å². The van der Waals surface area contributed by atoms with Crippen molar-refractivity contribution in [3.05, 3.63) is 72.0 Å². The number of hydrogen-bond donors (Lipinski definition) is 0. The number of thiazole rings is 1. The molecule has 1 aliphatic heterocycles. The molecule has 0 unspecified atom stereocenters. The van der Waals surface area contributed by atoms with Crippen molar-refractivity contribution in [3.63, 3.8) is 0 Å². The van der Waals surface area contributed by atoms with Gasteiger partial charge in [0.2, 0.25) is 0 Å². The van der Waals surface area contributed by atoms with Gasteiger partial charge in [0.15, 0.2) is 4.96 Å². The number of hydrogen-bond acceptors (Lipinski definition) is 6. The van der Waals surface area contributed by atoms with E-state index in [0.29, 0.717) is 26.7 Å². The molecule has 5 rings (SSSR count). The average molecular weight is 449 g/mol. The molecule has 1 fully saturated rings. The van der Waals surface area contributed by atoms with Gasteiger partial charge in [-0.3, -0.25) is 14.9 Å². The van der Waals surface area contributed by atoms with E-state index in [1.54, 1.807) is 16.5 Å². The van der Waals surface area contributed by atoms with E-state index < -0.39 is 0 Å². The molecule has 0 amide bonds. The van der Waals surface area contributed by atoms with Crippen molar-refractivity contribution in [2.24, 2.45) is 5.92 Å². The summed E-state index contributed by atoms with van der Waals surface area (Å²) >= 11 is 1.31. The predicted molar refractivity (Wildman–Crippen MR) is 129 cm³/mol. The lowest BCUT2D eigenvalue weighted by atomic mass is 9.98. The number of rotatable bonds is 3. The normalized spacial score (nSPS) is 15.8. The molecule has 32 heavy (non-hydrogen) atoms. The van der Waals surface area contributed by atoms with E-state index in [1.807, 2.05) is 38.1 Å². The Morgan fingerprint density at radius 1 is 1.16 bits per heavy atom. The molecule has 0 saturated carbocycles. The fraction of sp³-hybridized carbons (Fsp3) is 0.333. The third kappa shape index (κ3) is 3.44. The minimum absolute atomic E-state index is 0.0821. The van der Waals surface area contributed by atoms with Gasteiger partial charge in [-0.1, -0.05) is 24.3 Å². The quantitative estimate of drug-likeness (QED) is 0.346. The highest BCUT2D eigenvalue weighted by atomic mass is 32.1. The summed E-state index contributed by atoms with van der Waals surface area (Å²) in [5, 5.41) is 11.8. The molecule has 0 radical (unpaired) electrons. The molecule has 0 bridgehead atoms. The van der Waals surface area contributed by atoms with Gasteiger partial charge in [0.25, 0.3) is 11.2 Å². The summed E-state index contributed by atoms with van der Waals surface area (Å²) < 4.78 is 2.15. The zero-order valence-electron chi connectivity index (χ0n) is 18.3. The SMILES string of the molecule is Cc1cc2nc3sc(=Cc4ccc(N5CCC(C)CC5)c([N+](=O)[O-])c4)c(=O)n3c2cc1C. The van der Waals surface area contributed by atoms with E-state index in [9.17, 15) is 14.9 Å². The van der Waals surface area contributed by atoms with Gasteiger partial charge in [-0.25, -0.2) is 9.38 Å². The van der Waals surface area contributed by atoms with Crippen molar-refractivity contribution in [1.82, 2.24) is 9.38 Å². The molecule has 3 heterocycles. The number of benzene rings is 2. The third-order valence-electron chi connectivity index (χ3n) is 6.47. The van der Waals surface area contributed by atoms with Crippen molar-refractivity contribution in [2.75, 3.05) is 18.0 Å². The van der Waals surface area contributed by atoms with Crippen LogP contribution in [0.5, 0.6) is 0 Å². The minimum Gasteiger partial charge on any atom is -0.366 e. The molecule has 1 saturated heterocycles. The Hall–Kier alpha value is -3.26. The fourth-order valence-electron chi connectivity index (χ4n) is 4.36. The molecule has 164 valence electrons. The Labute approximate surface area is 188 Å². The van der Waals surface area contributed by atoms with Crippen LogP contribution in [0.25, 0.3) is 22.1 Å². The number of aromatic nitrogens is 2. The van der Waals surface area contributed by atoms with Crippen molar-refractivity contribution in [2.45, 2.75) is 33.6 Å². The number of nitrogens with zero attached hydrogens (tertiary/aromatic N) is 4. The lowest BCUT2D eigenvalue weighted by Gasteiger charge is -2.31. The van der Waals surface area contributed by atoms with E-state index in [4.69, 9.17) is 0 Å². The molecule has 0 N–H and O–H groups in total. The summed E-state index contributed by atoms with van der Waals surface area (Å²) in [6.45, 7) is 7.91. The van der Waals surface area contributed by atoms with Crippen molar-refractivity contribution in [3.8, 4) is 0 Å². The summed E-state index contributed by atoms with van der Waals surface area (Å²) in [4.78, 5) is 31.9. The predicted octanol–water partition coefficient (Wildman–Crippen LogP) is 4.22. The molecule has 0 atom stereocenters. The Morgan fingerprint density at radius 2 is 1.88 bits per heavy atom. The first-order chi connectivity index (χ1) is 15.3. The van der Waals surface area contributed by atoms with Crippen LogP contribution in [0.2, 0.25) is 0 Å². The Kier molecular flexibility index (Phi) is 4.97. The van der Waals surface area contributed by atoms with Crippen LogP contribution in [0.15, 0.2) is 35.1 Å². The summed E-state index contributed by atoms with van der Waals surface area (Å²) in [7, 11) is 0. The van der Waals surface area contributed by atoms with Crippen LogP contribution in [0, 0.1) is 29.9 Å². The zero-order valence-corrected chi connectivity index (χ0v) is 19.1. The molecule has 2 aromatic heterocycles.